The van der Waals surface area contributed by atoms with Crippen molar-refractivity contribution in [2.24, 2.45) is 0 Å². The van der Waals surface area contributed by atoms with Crippen LogP contribution in [0.4, 0.5) is 0 Å². The number of hydrogen-bond acceptors (Lipinski definition) is 4. The Morgan fingerprint density at radius 3 is 1.27 bits per heavy atom. The van der Waals surface area contributed by atoms with Gasteiger partial charge in [-0.25, -0.2) is 19.9 Å². The third-order valence-corrected chi connectivity index (χ3v) is 7.94. The first-order valence-electron chi connectivity index (χ1n) is 13.2. The first-order valence-corrected chi connectivity index (χ1v) is 13.2. The average Bonchev–Trinajstić information content (AvgIpc) is 3.53. The van der Waals surface area contributed by atoms with Crippen molar-refractivity contribution in [1.29, 1.82) is 0 Å². The number of para-hydroxylation sites is 2. The van der Waals surface area contributed by atoms with Crippen molar-refractivity contribution >= 4 is 65.7 Å². The average molecular weight is 513 g/mol. The molecule has 0 spiro atoms. The monoisotopic (exact) mass is 512 g/mol. The van der Waals surface area contributed by atoms with Crippen LogP contribution in [0.5, 0.6) is 0 Å². The van der Waals surface area contributed by atoms with E-state index in [9.17, 15) is 0 Å². The maximum absolute atomic E-state index is 4.53. The van der Waals surface area contributed by atoms with Crippen LogP contribution in [0.2, 0.25) is 0 Å². The minimum Gasteiger partial charge on any atom is -0.308 e. The summed E-state index contributed by atoms with van der Waals surface area (Å²) in [5.41, 5.74) is 8.21. The Labute approximate surface area is 227 Å². The lowest BCUT2D eigenvalue weighted by molar-refractivity contribution is 1.16. The fourth-order valence-corrected chi connectivity index (χ4v) is 6.36. The van der Waals surface area contributed by atoms with Crippen molar-refractivity contribution in [2.45, 2.75) is 0 Å². The first-order chi connectivity index (χ1) is 19.9. The van der Waals surface area contributed by atoms with E-state index in [0.717, 1.165) is 55.5 Å². The summed E-state index contributed by atoms with van der Waals surface area (Å²) < 4.78 is 4.71. The fourth-order valence-electron chi connectivity index (χ4n) is 6.36. The third kappa shape index (κ3) is 2.77. The number of pyridine rings is 4. The fraction of sp³-hybridized carbons (Fsp3) is 0. The van der Waals surface area contributed by atoms with E-state index < -0.39 is 0 Å². The standard InChI is InChI=1S/C34H20N6/c1-3-11-25-21(7-1)31-29(39(25)27-15-19-37-33-23(27)9-5-17-35-33)13-14-30-32(31)22-8-2-4-12-26(22)40(30)28-16-20-38-34-24(28)10-6-18-36-34/h1-20H. The highest BCUT2D eigenvalue weighted by molar-refractivity contribution is 6.29. The van der Waals surface area contributed by atoms with Crippen molar-refractivity contribution in [3.63, 3.8) is 0 Å². The molecule has 0 fully saturated rings. The molecule has 0 aliphatic carbocycles. The summed E-state index contributed by atoms with van der Waals surface area (Å²) in [4.78, 5) is 18.1. The summed E-state index contributed by atoms with van der Waals surface area (Å²) in [6.45, 7) is 0. The lowest BCUT2D eigenvalue weighted by atomic mass is 10.1. The zero-order valence-corrected chi connectivity index (χ0v) is 21.2. The van der Waals surface area contributed by atoms with Crippen LogP contribution in [0.3, 0.4) is 0 Å². The second-order valence-corrected chi connectivity index (χ2v) is 9.97. The zero-order valence-electron chi connectivity index (χ0n) is 21.2. The molecule has 0 bridgehead atoms. The van der Waals surface area contributed by atoms with Crippen molar-refractivity contribution < 1.29 is 0 Å². The number of fused-ring (bicyclic) bond motifs is 9. The van der Waals surface area contributed by atoms with Gasteiger partial charge in [0.15, 0.2) is 11.3 Å². The zero-order chi connectivity index (χ0) is 26.2. The lowest BCUT2D eigenvalue weighted by Crippen LogP contribution is -1.98. The summed E-state index contributed by atoms with van der Waals surface area (Å²) in [6, 6.07) is 34.1. The smallest absolute Gasteiger partial charge is 0.161 e. The van der Waals surface area contributed by atoms with Crippen molar-refractivity contribution in [1.82, 2.24) is 29.1 Å². The maximum Gasteiger partial charge on any atom is 0.161 e. The van der Waals surface area contributed by atoms with Crippen molar-refractivity contribution in [3.8, 4) is 11.4 Å². The maximum atomic E-state index is 4.53. The predicted molar refractivity (Wildman–Crippen MR) is 161 cm³/mol. The first kappa shape index (κ1) is 21.3. The normalized spacial score (nSPS) is 12.0. The highest BCUT2D eigenvalue weighted by Crippen LogP contribution is 2.43. The van der Waals surface area contributed by atoms with Crippen LogP contribution >= 0.6 is 0 Å². The van der Waals surface area contributed by atoms with Gasteiger partial charge < -0.3 is 9.13 Å². The van der Waals surface area contributed by atoms with E-state index in [4.69, 9.17) is 0 Å². The van der Waals surface area contributed by atoms with Crippen LogP contribution in [0.1, 0.15) is 0 Å². The number of aromatic nitrogens is 6. The van der Waals surface area contributed by atoms with Crippen LogP contribution in [0.15, 0.2) is 122 Å². The van der Waals surface area contributed by atoms with Crippen LogP contribution in [0.25, 0.3) is 77.1 Å². The van der Waals surface area contributed by atoms with Gasteiger partial charge in [-0.2, -0.15) is 0 Å². The van der Waals surface area contributed by atoms with Gasteiger partial charge in [0.05, 0.1) is 33.4 Å². The molecule has 0 unspecified atom stereocenters. The minimum absolute atomic E-state index is 0.738. The highest BCUT2D eigenvalue weighted by Gasteiger charge is 2.21. The van der Waals surface area contributed by atoms with Gasteiger partial charge in [-0.3, -0.25) is 0 Å². The van der Waals surface area contributed by atoms with Gasteiger partial charge >= 0.3 is 0 Å². The Morgan fingerprint density at radius 1 is 0.350 bits per heavy atom. The molecule has 0 aliphatic rings. The number of hydrogen-bond donors (Lipinski definition) is 0. The molecular weight excluding hydrogens is 492 g/mol. The number of benzene rings is 3. The van der Waals surface area contributed by atoms with Crippen molar-refractivity contribution in [2.75, 3.05) is 0 Å². The van der Waals surface area contributed by atoms with Crippen LogP contribution in [0, 0.1) is 0 Å². The summed E-state index contributed by atoms with van der Waals surface area (Å²) in [5, 5.41) is 6.92. The topological polar surface area (TPSA) is 61.4 Å². The van der Waals surface area contributed by atoms with Gasteiger partial charge in [0, 0.05) is 57.1 Å². The molecule has 40 heavy (non-hydrogen) atoms. The van der Waals surface area contributed by atoms with E-state index in [2.05, 4.69) is 114 Å². The highest BCUT2D eigenvalue weighted by atomic mass is 15.0. The van der Waals surface area contributed by atoms with Gasteiger partial charge in [0.2, 0.25) is 0 Å². The Bertz CT molecular complexity index is 2270. The molecule has 0 amide bonds. The van der Waals surface area contributed by atoms with E-state index in [1.165, 1.54) is 21.5 Å². The molecule has 0 aliphatic heterocycles. The Balaban J connectivity index is 1.50. The molecule has 186 valence electrons. The Hall–Kier alpha value is -5.62. The van der Waals surface area contributed by atoms with Gasteiger partial charge in [0.1, 0.15) is 0 Å². The molecule has 9 aromatic rings. The molecule has 3 aromatic carbocycles. The molecule has 6 heteroatoms. The second kappa shape index (κ2) is 7.94. The predicted octanol–water partition coefficient (Wildman–Crippen LogP) is 7.77. The molecule has 0 saturated carbocycles. The van der Waals surface area contributed by atoms with Gasteiger partial charge in [-0.1, -0.05) is 36.4 Å². The third-order valence-electron chi connectivity index (χ3n) is 7.94. The molecule has 0 atom stereocenters. The SMILES string of the molecule is c1cnc2nccc(-n3c4ccccc4c4c5c6ccccc6n(-c6ccnc7ncccc67)c5ccc43)c2c1. The molecule has 6 aromatic heterocycles. The quantitative estimate of drug-likeness (QED) is 0.237. The van der Waals surface area contributed by atoms with E-state index >= 15 is 0 Å². The number of nitrogens with zero attached hydrogens (tertiary/aromatic N) is 6. The number of rotatable bonds is 2. The van der Waals surface area contributed by atoms with E-state index in [-0.39, 0.29) is 0 Å². The van der Waals surface area contributed by atoms with E-state index in [1.54, 1.807) is 12.4 Å². The second-order valence-electron chi connectivity index (χ2n) is 9.97. The molecule has 6 heterocycles. The van der Waals surface area contributed by atoms with Gasteiger partial charge in [0.25, 0.3) is 0 Å². The summed E-state index contributed by atoms with van der Waals surface area (Å²) in [7, 11) is 0. The van der Waals surface area contributed by atoms with E-state index in [0.29, 0.717) is 0 Å². The Kier molecular flexibility index (Phi) is 4.24. The minimum atomic E-state index is 0.738. The largest absolute Gasteiger partial charge is 0.308 e. The van der Waals surface area contributed by atoms with Crippen LogP contribution < -0.4 is 0 Å². The van der Waals surface area contributed by atoms with Gasteiger partial charge in [-0.05, 0) is 60.7 Å². The molecule has 0 N–H and O–H groups in total. The van der Waals surface area contributed by atoms with Crippen molar-refractivity contribution in [3.05, 3.63) is 122 Å². The molecule has 0 radical (unpaired) electrons. The summed E-state index contributed by atoms with van der Waals surface area (Å²) >= 11 is 0. The molecule has 9 rings (SSSR count). The Morgan fingerprint density at radius 2 is 0.775 bits per heavy atom. The molecule has 0 saturated heterocycles. The van der Waals surface area contributed by atoms with Crippen LogP contribution in [-0.4, -0.2) is 29.1 Å². The van der Waals surface area contributed by atoms with E-state index in [1.807, 2.05) is 24.5 Å². The van der Waals surface area contributed by atoms with Crippen LogP contribution in [-0.2, 0) is 0 Å². The summed E-state index contributed by atoms with van der Waals surface area (Å²) in [5.74, 6) is 0. The molecular formula is C34H20N6. The lowest BCUT2D eigenvalue weighted by Gasteiger charge is -2.12. The summed E-state index contributed by atoms with van der Waals surface area (Å²) in [6.07, 6.45) is 7.28. The van der Waals surface area contributed by atoms with Gasteiger partial charge in [-0.15, -0.1) is 0 Å². The molecule has 6 nitrogen and oxygen atoms in total.